The first-order chi connectivity index (χ1) is 9.62. The van der Waals surface area contributed by atoms with Crippen LogP contribution in [0.25, 0.3) is 0 Å². The van der Waals surface area contributed by atoms with Crippen molar-refractivity contribution >= 4 is 0 Å². The Bertz CT molecular complexity index is 385. The molecule has 1 aromatic rings. The fourth-order valence-corrected chi connectivity index (χ4v) is 3.80. The van der Waals surface area contributed by atoms with Crippen LogP contribution < -0.4 is 5.32 Å². The van der Waals surface area contributed by atoms with Gasteiger partial charge in [0.2, 0.25) is 0 Å². The summed E-state index contributed by atoms with van der Waals surface area (Å²) in [5.74, 6) is 1.74. The molecule has 1 aliphatic rings. The molecule has 0 radical (unpaired) electrons. The Balaban J connectivity index is 2.00. The summed E-state index contributed by atoms with van der Waals surface area (Å²) in [6, 6.07) is 10.4. The highest BCUT2D eigenvalue weighted by molar-refractivity contribution is 5.25. The molecule has 1 aliphatic carbocycles. The zero-order valence-electron chi connectivity index (χ0n) is 13.7. The zero-order valence-corrected chi connectivity index (χ0v) is 13.7. The average Bonchev–Trinajstić information content (AvgIpc) is 2.44. The maximum absolute atomic E-state index is 3.92. The third-order valence-electron chi connectivity index (χ3n) is 4.81. The van der Waals surface area contributed by atoms with E-state index < -0.39 is 0 Å². The number of nitrogens with one attached hydrogen (secondary N) is 1. The molecule has 0 spiro atoms. The van der Waals surface area contributed by atoms with E-state index in [0.29, 0.717) is 12.1 Å². The normalized spacial score (nSPS) is 28.3. The van der Waals surface area contributed by atoms with Crippen LogP contribution in [0.2, 0.25) is 0 Å². The van der Waals surface area contributed by atoms with E-state index in [-0.39, 0.29) is 0 Å². The summed E-state index contributed by atoms with van der Waals surface area (Å²) in [7, 11) is 0. The molecule has 2 rings (SSSR count). The molecular formula is C19H31N. The number of hydrogen-bond donors (Lipinski definition) is 1. The molecule has 0 saturated heterocycles. The minimum absolute atomic E-state index is 0.517. The second kappa shape index (κ2) is 7.26. The SMILES string of the molecule is CCc1ccc(C(CC)NC2CC(C)CC(C)C2)cc1. The van der Waals surface area contributed by atoms with Crippen LogP contribution in [0.3, 0.4) is 0 Å². The Morgan fingerprint density at radius 3 is 2.10 bits per heavy atom. The van der Waals surface area contributed by atoms with Crippen molar-refractivity contribution in [3.05, 3.63) is 35.4 Å². The van der Waals surface area contributed by atoms with E-state index in [1.54, 1.807) is 0 Å². The maximum atomic E-state index is 3.92. The van der Waals surface area contributed by atoms with Crippen LogP contribution in [-0.2, 0) is 6.42 Å². The molecule has 0 aliphatic heterocycles. The third kappa shape index (κ3) is 4.09. The molecule has 1 nitrogen and oxygen atoms in total. The fourth-order valence-electron chi connectivity index (χ4n) is 3.80. The number of rotatable bonds is 5. The second-order valence-electron chi connectivity index (χ2n) is 6.84. The zero-order chi connectivity index (χ0) is 14.5. The maximum Gasteiger partial charge on any atom is 0.0320 e. The topological polar surface area (TPSA) is 12.0 Å². The van der Waals surface area contributed by atoms with Gasteiger partial charge in [0.25, 0.3) is 0 Å². The smallest absolute Gasteiger partial charge is 0.0320 e. The van der Waals surface area contributed by atoms with Gasteiger partial charge < -0.3 is 5.32 Å². The molecule has 1 heteroatoms. The lowest BCUT2D eigenvalue weighted by atomic mass is 9.80. The van der Waals surface area contributed by atoms with E-state index in [9.17, 15) is 0 Å². The van der Waals surface area contributed by atoms with Gasteiger partial charge in [-0.1, -0.05) is 52.0 Å². The van der Waals surface area contributed by atoms with Crippen molar-refractivity contribution in [1.82, 2.24) is 5.32 Å². The molecule has 3 unspecified atom stereocenters. The van der Waals surface area contributed by atoms with Gasteiger partial charge >= 0.3 is 0 Å². The van der Waals surface area contributed by atoms with Crippen LogP contribution in [0.4, 0.5) is 0 Å². The van der Waals surface area contributed by atoms with E-state index >= 15 is 0 Å². The Morgan fingerprint density at radius 2 is 1.60 bits per heavy atom. The van der Waals surface area contributed by atoms with Crippen molar-refractivity contribution in [2.24, 2.45) is 11.8 Å². The van der Waals surface area contributed by atoms with Gasteiger partial charge in [0, 0.05) is 12.1 Å². The summed E-state index contributed by atoms with van der Waals surface area (Å²) in [5, 5.41) is 3.92. The van der Waals surface area contributed by atoms with Crippen LogP contribution in [0.15, 0.2) is 24.3 Å². The van der Waals surface area contributed by atoms with E-state index in [2.05, 4.69) is 57.3 Å². The summed E-state index contributed by atoms with van der Waals surface area (Å²) in [5.41, 5.74) is 2.89. The van der Waals surface area contributed by atoms with E-state index in [0.717, 1.165) is 18.3 Å². The first kappa shape index (κ1) is 15.6. The van der Waals surface area contributed by atoms with E-state index in [1.165, 1.54) is 36.8 Å². The first-order valence-electron chi connectivity index (χ1n) is 8.47. The Morgan fingerprint density at radius 1 is 1.00 bits per heavy atom. The van der Waals surface area contributed by atoms with E-state index in [1.807, 2.05) is 0 Å². The van der Waals surface area contributed by atoms with Gasteiger partial charge in [-0.3, -0.25) is 0 Å². The number of aryl methyl sites for hydroxylation is 1. The molecule has 0 heterocycles. The average molecular weight is 273 g/mol. The Labute approximate surface area is 125 Å². The fraction of sp³-hybridized carbons (Fsp3) is 0.684. The highest BCUT2D eigenvalue weighted by Crippen LogP contribution is 2.30. The molecule has 0 bridgehead atoms. The largest absolute Gasteiger partial charge is 0.307 e. The molecular weight excluding hydrogens is 242 g/mol. The highest BCUT2D eigenvalue weighted by atomic mass is 15.0. The van der Waals surface area contributed by atoms with Crippen molar-refractivity contribution in [2.45, 2.75) is 71.9 Å². The molecule has 0 amide bonds. The molecule has 3 atom stereocenters. The molecule has 112 valence electrons. The lowest BCUT2D eigenvalue weighted by Gasteiger charge is -2.34. The van der Waals surface area contributed by atoms with Gasteiger partial charge in [-0.05, 0) is 55.1 Å². The standard InChI is InChI=1S/C19H31N/c1-5-16-7-9-17(10-8-16)19(6-2)20-18-12-14(3)11-15(4)13-18/h7-10,14-15,18-20H,5-6,11-13H2,1-4H3. The van der Waals surface area contributed by atoms with E-state index in [4.69, 9.17) is 0 Å². The molecule has 1 fully saturated rings. The monoisotopic (exact) mass is 273 g/mol. The minimum Gasteiger partial charge on any atom is -0.307 e. The summed E-state index contributed by atoms with van der Waals surface area (Å²) in [6.45, 7) is 9.32. The van der Waals surface area contributed by atoms with Crippen molar-refractivity contribution in [2.75, 3.05) is 0 Å². The molecule has 0 aromatic heterocycles. The van der Waals surface area contributed by atoms with Crippen molar-refractivity contribution < 1.29 is 0 Å². The molecule has 1 saturated carbocycles. The van der Waals surface area contributed by atoms with Gasteiger partial charge in [0.1, 0.15) is 0 Å². The van der Waals surface area contributed by atoms with Crippen molar-refractivity contribution in [3.63, 3.8) is 0 Å². The van der Waals surface area contributed by atoms with Crippen LogP contribution in [0.1, 0.15) is 70.5 Å². The van der Waals surface area contributed by atoms with Gasteiger partial charge in [-0.2, -0.15) is 0 Å². The Kier molecular flexibility index (Phi) is 5.65. The third-order valence-corrected chi connectivity index (χ3v) is 4.81. The predicted molar refractivity (Wildman–Crippen MR) is 88.0 cm³/mol. The summed E-state index contributed by atoms with van der Waals surface area (Å²) >= 11 is 0. The summed E-state index contributed by atoms with van der Waals surface area (Å²) in [6.07, 6.45) is 6.38. The van der Waals surface area contributed by atoms with Gasteiger partial charge in [0.15, 0.2) is 0 Å². The number of benzene rings is 1. The quantitative estimate of drug-likeness (QED) is 0.785. The van der Waals surface area contributed by atoms with Crippen LogP contribution >= 0.6 is 0 Å². The predicted octanol–water partition coefficient (Wildman–Crippen LogP) is 5.11. The molecule has 1 N–H and O–H groups in total. The van der Waals surface area contributed by atoms with Gasteiger partial charge in [-0.25, -0.2) is 0 Å². The van der Waals surface area contributed by atoms with Crippen molar-refractivity contribution in [1.29, 1.82) is 0 Å². The van der Waals surface area contributed by atoms with Gasteiger partial charge in [-0.15, -0.1) is 0 Å². The van der Waals surface area contributed by atoms with Crippen LogP contribution in [0, 0.1) is 11.8 Å². The summed E-state index contributed by atoms with van der Waals surface area (Å²) < 4.78 is 0. The lowest BCUT2D eigenvalue weighted by molar-refractivity contribution is 0.224. The highest BCUT2D eigenvalue weighted by Gasteiger charge is 2.25. The molecule has 20 heavy (non-hydrogen) atoms. The van der Waals surface area contributed by atoms with Gasteiger partial charge in [0.05, 0.1) is 0 Å². The van der Waals surface area contributed by atoms with Crippen molar-refractivity contribution in [3.8, 4) is 0 Å². The first-order valence-corrected chi connectivity index (χ1v) is 8.47. The van der Waals surface area contributed by atoms with Crippen LogP contribution in [-0.4, -0.2) is 6.04 Å². The molecule has 1 aromatic carbocycles. The number of hydrogen-bond acceptors (Lipinski definition) is 1. The summed E-state index contributed by atoms with van der Waals surface area (Å²) in [4.78, 5) is 0. The van der Waals surface area contributed by atoms with Crippen LogP contribution in [0.5, 0.6) is 0 Å². The Hall–Kier alpha value is -0.820. The minimum atomic E-state index is 0.517. The second-order valence-corrected chi connectivity index (χ2v) is 6.84. The lowest BCUT2D eigenvalue weighted by Crippen LogP contribution is -2.38.